The number of rotatable bonds is 5. The third-order valence-electron chi connectivity index (χ3n) is 4.04. The van der Waals surface area contributed by atoms with Crippen LogP contribution in [0.3, 0.4) is 0 Å². The van der Waals surface area contributed by atoms with Crippen LogP contribution in [0.15, 0.2) is 36.4 Å². The van der Waals surface area contributed by atoms with Crippen molar-refractivity contribution in [2.75, 3.05) is 16.8 Å². The van der Waals surface area contributed by atoms with E-state index in [0.717, 1.165) is 16.8 Å². The minimum atomic E-state index is -0.258. The number of nitrogens with zero attached hydrogens (tertiary/aromatic N) is 1. The smallest absolute Gasteiger partial charge is 0.226 e. The van der Waals surface area contributed by atoms with E-state index in [-0.39, 0.29) is 24.8 Å². The maximum Gasteiger partial charge on any atom is 0.226 e. The number of halogens is 2. The van der Waals surface area contributed by atoms with E-state index in [9.17, 15) is 9.59 Å². The highest BCUT2D eigenvalue weighted by Crippen LogP contribution is 2.30. The highest BCUT2D eigenvalue weighted by molar-refractivity contribution is 6.39. The molecule has 4 nitrogen and oxygen atoms in total. The first kappa shape index (κ1) is 19.3. The number of hydrogen-bond acceptors (Lipinski definition) is 2. The normalized spacial score (nSPS) is 10.4. The molecule has 0 bridgehead atoms. The van der Waals surface area contributed by atoms with Crippen LogP contribution >= 0.6 is 23.2 Å². The Morgan fingerprint density at radius 1 is 1.04 bits per heavy atom. The molecule has 25 heavy (non-hydrogen) atoms. The molecule has 2 amide bonds. The molecule has 0 aromatic heterocycles. The summed E-state index contributed by atoms with van der Waals surface area (Å²) >= 11 is 12.1. The summed E-state index contributed by atoms with van der Waals surface area (Å²) in [6.45, 7) is 5.71. The number of benzene rings is 2. The van der Waals surface area contributed by atoms with Crippen LogP contribution in [-0.2, 0) is 9.59 Å². The molecular formula is C19H20Cl2N2O2. The minimum absolute atomic E-state index is 0.114. The van der Waals surface area contributed by atoms with Crippen LogP contribution in [0.2, 0.25) is 10.0 Å². The van der Waals surface area contributed by atoms with Crippen LogP contribution in [0, 0.1) is 13.8 Å². The van der Waals surface area contributed by atoms with Crippen LogP contribution in [0.4, 0.5) is 11.4 Å². The first-order valence-corrected chi connectivity index (χ1v) is 8.65. The monoisotopic (exact) mass is 378 g/mol. The zero-order chi connectivity index (χ0) is 18.6. The van der Waals surface area contributed by atoms with Gasteiger partial charge in [0, 0.05) is 25.6 Å². The number of carbonyl (C=O) groups is 2. The van der Waals surface area contributed by atoms with E-state index < -0.39 is 0 Å². The van der Waals surface area contributed by atoms with Gasteiger partial charge in [-0.2, -0.15) is 0 Å². The van der Waals surface area contributed by atoms with Gasteiger partial charge in [0.2, 0.25) is 11.8 Å². The summed E-state index contributed by atoms with van der Waals surface area (Å²) in [5.74, 6) is -0.371. The molecule has 0 atom stereocenters. The Hall–Kier alpha value is -2.04. The molecule has 2 aromatic carbocycles. The van der Waals surface area contributed by atoms with Crippen molar-refractivity contribution in [3.8, 4) is 0 Å². The van der Waals surface area contributed by atoms with Crippen LogP contribution in [-0.4, -0.2) is 18.4 Å². The fourth-order valence-electron chi connectivity index (χ4n) is 2.51. The fourth-order valence-corrected chi connectivity index (χ4v) is 3.00. The van der Waals surface area contributed by atoms with E-state index in [0.29, 0.717) is 15.7 Å². The third-order valence-corrected chi connectivity index (χ3v) is 4.67. The maximum absolute atomic E-state index is 12.3. The van der Waals surface area contributed by atoms with Crippen molar-refractivity contribution in [1.82, 2.24) is 0 Å². The number of hydrogen-bond donors (Lipinski definition) is 1. The van der Waals surface area contributed by atoms with E-state index >= 15 is 0 Å². The number of para-hydroxylation sites is 1. The van der Waals surface area contributed by atoms with Gasteiger partial charge >= 0.3 is 0 Å². The quantitative estimate of drug-likeness (QED) is 0.796. The molecule has 6 heteroatoms. The lowest BCUT2D eigenvalue weighted by molar-refractivity contribution is -0.117. The Balaban J connectivity index is 2.10. The zero-order valence-corrected chi connectivity index (χ0v) is 15.9. The van der Waals surface area contributed by atoms with Crippen molar-refractivity contribution in [2.45, 2.75) is 27.2 Å². The van der Waals surface area contributed by atoms with Crippen molar-refractivity contribution in [2.24, 2.45) is 0 Å². The third kappa shape index (κ3) is 4.74. The summed E-state index contributed by atoms with van der Waals surface area (Å²) in [6, 6.07) is 10.8. The Morgan fingerprint density at radius 2 is 1.64 bits per heavy atom. The lowest BCUT2D eigenvalue weighted by Crippen LogP contribution is -2.32. The van der Waals surface area contributed by atoms with E-state index in [2.05, 4.69) is 5.32 Å². The summed E-state index contributed by atoms with van der Waals surface area (Å²) in [7, 11) is 0. The van der Waals surface area contributed by atoms with Gasteiger partial charge in [-0.15, -0.1) is 0 Å². The Kier molecular flexibility index (Phi) is 6.45. The molecule has 2 rings (SSSR count). The van der Waals surface area contributed by atoms with Crippen molar-refractivity contribution in [3.63, 3.8) is 0 Å². The summed E-state index contributed by atoms with van der Waals surface area (Å²) in [6.07, 6.45) is 0.133. The predicted molar refractivity (Wildman–Crippen MR) is 104 cm³/mol. The number of carbonyl (C=O) groups excluding carboxylic acids is 2. The second kappa shape index (κ2) is 8.37. The SMILES string of the molecule is CC(=O)N(CCC(=O)Nc1c(Cl)cccc1Cl)c1cccc(C)c1C. The Morgan fingerprint density at radius 3 is 2.24 bits per heavy atom. The number of nitrogens with one attached hydrogen (secondary N) is 1. The van der Waals surface area contributed by atoms with E-state index in [1.165, 1.54) is 6.92 Å². The lowest BCUT2D eigenvalue weighted by atomic mass is 10.1. The lowest BCUT2D eigenvalue weighted by Gasteiger charge is -2.24. The standard InChI is InChI=1S/C19H20Cl2N2O2/c1-12-6-4-9-17(13(12)2)23(14(3)24)11-10-18(25)22-19-15(20)7-5-8-16(19)21/h4-9H,10-11H2,1-3H3,(H,22,25). The van der Waals surface area contributed by atoms with Gasteiger partial charge in [-0.05, 0) is 43.2 Å². The van der Waals surface area contributed by atoms with E-state index in [4.69, 9.17) is 23.2 Å². The molecule has 0 fully saturated rings. The van der Waals surface area contributed by atoms with Gasteiger partial charge < -0.3 is 10.2 Å². The summed E-state index contributed by atoms with van der Waals surface area (Å²) < 4.78 is 0. The fraction of sp³-hybridized carbons (Fsp3) is 0.263. The van der Waals surface area contributed by atoms with Gasteiger partial charge in [0.1, 0.15) is 0 Å². The first-order chi connectivity index (χ1) is 11.8. The van der Waals surface area contributed by atoms with Crippen LogP contribution in [0.5, 0.6) is 0 Å². The van der Waals surface area contributed by atoms with Gasteiger partial charge in [0.05, 0.1) is 15.7 Å². The highest BCUT2D eigenvalue weighted by atomic mass is 35.5. The molecule has 0 saturated heterocycles. The molecule has 0 unspecified atom stereocenters. The second-order valence-electron chi connectivity index (χ2n) is 5.78. The molecular weight excluding hydrogens is 359 g/mol. The Labute approximate surface area is 157 Å². The van der Waals surface area contributed by atoms with Crippen molar-refractivity contribution in [1.29, 1.82) is 0 Å². The van der Waals surface area contributed by atoms with Crippen LogP contribution < -0.4 is 10.2 Å². The molecule has 2 aromatic rings. The van der Waals surface area contributed by atoms with Crippen molar-refractivity contribution < 1.29 is 9.59 Å². The summed E-state index contributed by atoms with van der Waals surface area (Å²) in [5.41, 5.74) is 3.32. The van der Waals surface area contributed by atoms with Gasteiger partial charge in [-0.3, -0.25) is 9.59 Å². The summed E-state index contributed by atoms with van der Waals surface area (Å²) in [4.78, 5) is 25.9. The van der Waals surface area contributed by atoms with Gasteiger partial charge in [0.15, 0.2) is 0 Å². The van der Waals surface area contributed by atoms with Crippen LogP contribution in [0.25, 0.3) is 0 Å². The molecule has 0 radical (unpaired) electrons. The molecule has 0 aliphatic heterocycles. The molecule has 0 saturated carbocycles. The largest absolute Gasteiger partial charge is 0.323 e. The van der Waals surface area contributed by atoms with E-state index in [1.807, 2.05) is 32.0 Å². The topological polar surface area (TPSA) is 49.4 Å². The van der Waals surface area contributed by atoms with E-state index in [1.54, 1.807) is 23.1 Å². The minimum Gasteiger partial charge on any atom is -0.323 e. The number of anilines is 2. The van der Waals surface area contributed by atoms with Gasteiger partial charge in [-0.1, -0.05) is 41.4 Å². The van der Waals surface area contributed by atoms with Crippen molar-refractivity contribution >= 4 is 46.4 Å². The number of aryl methyl sites for hydroxylation is 1. The Bertz CT molecular complexity index is 786. The second-order valence-corrected chi connectivity index (χ2v) is 6.60. The first-order valence-electron chi connectivity index (χ1n) is 7.89. The van der Waals surface area contributed by atoms with Crippen molar-refractivity contribution in [3.05, 3.63) is 57.6 Å². The van der Waals surface area contributed by atoms with Gasteiger partial charge in [-0.25, -0.2) is 0 Å². The molecule has 0 aliphatic rings. The molecule has 0 spiro atoms. The molecule has 0 heterocycles. The zero-order valence-electron chi connectivity index (χ0n) is 14.4. The molecule has 132 valence electrons. The van der Waals surface area contributed by atoms with Gasteiger partial charge in [0.25, 0.3) is 0 Å². The highest BCUT2D eigenvalue weighted by Gasteiger charge is 2.17. The predicted octanol–water partition coefficient (Wildman–Crippen LogP) is 4.99. The average Bonchev–Trinajstić information content (AvgIpc) is 2.55. The number of amides is 2. The molecule has 1 N–H and O–H groups in total. The maximum atomic E-state index is 12.3. The molecule has 0 aliphatic carbocycles. The summed E-state index contributed by atoms with van der Waals surface area (Å²) in [5, 5.41) is 3.46. The van der Waals surface area contributed by atoms with Crippen LogP contribution in [0.1, 0.15) is 24.5 Å². The average molecular weight is 379 g/mol.